The molecule has 3 aromatic carbocycles. The lowest BCUT2D eigenvalue weighted by Gasteiger charge is -2.12. The largest absolute Gasteiger partial charge is 0.284 e. The number of nitrogens with zero attached hydrogens (tertiary/aromatic N) is 5. The number of hydrogen-bond donors (Lipinski definition) is 0. The van der Waals surface area contributed by atoms with Gasteiger partial charge in [0, 0.05) is 11.1 Å². The number of benzene rings is 3. The summed E-state index contributed by atoms with van der Waals surface area (Å²) in [5.74, 6) is 0.321. The summed E-state index contributed by atoms with van der Waals surface area (Å²) in [5, 5.41) is 21.3. The topological polar surface area (TPSA) is 95.3 Å². The van der Waals surface area contributed by atoms with Gasteiger partial charge in [0.1, 0.15) is 0 Å². The smallest absolute Gasteiger partial charge is 0.268 e. The summed E-state index contributed by atoms with van der Waals surface area (Å²) < 4.78 is 3.25. The van der Waals surface area contributed by atoms with Crippen LogP contribution in [0, 0.1) is 10.1 Å². The molecule has 0 bridgehead atoms. The van der Waals surface area contributed by atoms with Gasteiger partial charge in [-0.05, 0) is 60.1 Å². The van der Waals surface area contributed by atoms with E-state index in [-0.39, 0.29) is 16.3 Å². The van der Waals surface area contributed by atoms with Crippen LogP contribution in [0.1, 0.15) is 12.5 Å². The number of para-hydroxylation sites is 1. The van der Waals surface area contributed by atoms with Gasteiger partial charge in [0.05, 0.1) is 26.4 Å². The number of rotatable bonds is 5. The van der Waals surface area contributed by atoms with E-state index in [9.17, 15) is 14.9 Å². The molecule has 164 valence electrons. The maximum Gasteiger partial charge on any atom is 0.284 e. The summed E-state index contributed by atoms with van der Waals surface area (Å²) in [6.45, 7) is 2.06. The highest BCUT2D eigenvalue weighted by Crippen LogP contribution is 2.36. The Hall–Kier alpha value is -3.69. The Labute approximate surface area is 196 Å². The first-order chi connectivity index (χ1) is 16.0. The van der Waals surface area contributed by atoms with Gasteiger partial charge in [-0.15, -0.1) is 10.2 Å². The first-order valence-corrected chi connectivity index (χ1v) is 11.3. The minimum absolute atomic E-state index is 0.128. The Morgan fingerprint density at radius 3 is 2.55 bits per heavy atom. The van der Waals surface area contributed by atoms with Crippen molar-refractivity contribution < 1.29 is 4.92 Å². The SMILES string of the molecule is CCc1ccc(-n2c(=O)c3ccccc3n3c(Sc4ccc(Cl)cc4[N+](=O)[O-])nnc23)cc1. The third-order valence-corrected chi connectivity index (χ3v) is 6.56. The number of aryl methyl sites for hydroxylation is 1. The number of halogens is 1. The van der Waals surface area contributed by atoms with Gasteiger partial charge in [0.25, 0.3) is 11.2 Å². The van der Waals surface area contributed by atoms with Crippen LogP contribution in [0.25, 0.3) is 22.4 Å². The Balaban J connectivity index is 1.78. The van der Waals surface area contributed by atoms with Gasteiger partial charge in [-0.2, -0.15) is 0 Å². The van der Waals surface area contributed by atoms with Gasteiger partial charge >= 0.3 is 0 Å². The van der Waals surface area contributed by atoms with Crippen molar-refractivity contribution in [1.82, 2.24) is 19.2 Å². The van der Waals surface area contributed by atoms with E-state index >= 15 is 0 Å². The third-order valence-electron chi connectivity index (χ3n) is 5.32. The van der Waals surface area contributed by atoms with Crippen LogP contribution >= 0.6 is 23.4 Å². The van der Waals surface area contributed by atoms with Crippen LogP contribution in [0.5, 0.6) is 0 Å². The van der Waals surface area contributed by atoms with E-state index in [1.807, 2.05) is 30.3 Å². The van der Waals surface area contributed by atoms with Crippen LogP contribution in [0.3, 0.4) is 0 Å². The maximum absolute atomic E-state index is 13.4. The molecule has 0 saturated heterocycles. The summed E-state index contributed by atoms with van der Waals surface area (Å²) in [6.07, 6.45) is 0.883. The lowest BCUT2D eigenvalue weighted by atomic mass is 10.1. The standard InChI is InChI=1S/C23H16ClN5O3S/c1-2-14-7-10-16(11-8-14)27-21(30)17-5-3-4-6-18(17)28-22(27)25-26-23(28)33-20-12-9-15(24)13-19(20)29(31)32/h3-13H,2H2,1H3. The molecule has 0 aliphatic carbocycles. The molecule has 0 atom stereocenters. The zero-order chi connectivity index (χ0) is 23.1. The molecular weight excluding hydrogens is 462 g/mol. The van der Waals surface area contributed by atoms with E-state index in [1.165, 1.54) is 10.6 Å². The van der Waals surface area contributed by atoms with Crippen LogP contribution in [0.2, 0.25) is 5.02 Å². The van der Waals surface area contributed by atoms with E-state index in [0.29, 0.717) is 32.4 Å². The minimum Gasteiger partial charge on any atom is -0.268 e. The van der Waals surface area contributed by atoms with Crippen molar-refractivity contribution in [3.63, 3.8) is 0 Å². The van der Waals surface area contributed by atoms with Gasteiger partial charge in [0.2, 0.25) is 10.9 Å². The Morgan fingerprint density at radius 2 is 1.82 bits per heavy atom. The van der Waals surface area contributed by atoms with Crippen molar-refractivity contribution in [2.24, 2.45) is 0 Å². The third kappa shape index (κ3) is 3.65. The Kier molecular flexibility index (Phi) is 5.35. The van der Waals surface area contributed by atoms with Crippen molar-refractivity contribution in [3.8, 4) is 5.69 Å². The fourth-order valence-electron chi connectivity index (χ4n) is 3.68. The van der Waals surface area contributed by atoms with E-state index in [1.54, 1.807) is 34.7 Å². The van der Waals surface area contributed by atoms with Crippen LogP contribution < -0.4 is 5.56 Å². The molecule has 0 saturated carbocycles. The second-order valence-corrected chi connectivity index (χ2v) is 8.71. The summed E-state index contributed by atoms with van der Waals surface area (Å²) in [4.78, 5) is 24.9. The predicted molar refractivity (Wildman–Crippen MR) is 128 cm³/mol. The summed E-state index contributed by atoms with van der Waals surface area (Å²) in [5.41, 5.74) is 2.08. The molecular formula is C23H16ClN5O3S. The van der Waals surface area contributed by atoms with Crippen molar-refractivity contribution in [1.29, 1.82) is 0 Å². The second kappa shape index (κ2) is 8.34. The Morgan fingerprint density at radius 1 is 1.06 bits per heavy atom. The summed E-state index contributed by atoms with van der Waals surface area (Å²) in [7, 11) is 0. The van der Waals surface area contributed by atoms with Crippen LogP contribution in [-0.2, 0) is 6.42 Å². The van der Waals surface area contributed by atoms with Gasteiger partial charge < -0.3 is 0 Å². The molecule has 0 fully saturated rings. The molecule has 0 aliphatic rings. The molecule has 0 radical (unpaired) electrons. The molecule has 10 heteroatoms. The highest BCUT2D eigenvalue weighted by atomic mass is 35.5. The molecule has 2 aromatic heterocycles. The van der Waals surface area contributed by atoms with Crippen molar-refractivity contribution >= 4 is 45.7 Å². The molecule has 0 aliphatic heterocycles. The van der Waals surface area contributed by atoms with Crippen molar-refractivity contribution in [2.75, 3.05) is 0 Å². The van der Waals surface area contributed by atoms with E-state index in [0.717, 1.165) is 23.7 Å². The van der Waals surface area contributed by atoms with Crippen molar-refractivity contribution in [2.45, 2.75) is 23.4 Å². The molecule has 0 spiro atoms. The van der Waals surface area contributed by atoms with Gasteiger partial charge in [-0.1, -0.05) is 42.8 Å². The van der Waals surface area contributed by atoms with Crippen LogP contribution in [0.15, 0.2) is 81.6 Å². The predicted octanol–water partition coefficient (Wildman–Crippen LogP) is 5.31. The fourth-order valence-corrected chi connectivity index (χ4v) is 4.77. The van der Waals surface area contributed by atoms with Crippen LogP contribution in [-0.4, -0.2) is 24.1 Å². The van der Waals surface area contributed by atoms with E-state index in [4.69, 9.17) is 11.6 Å². The zero-order valence-electron chi connectivity index (χ0n) is 17.3. The molecule has 0 N–H and O–H groups in total. The number of nitro groups is 1. The first-order valence-electron chi connectivity index (χ1n) is 10.1. The highest BCUT2D eigenvalue weighted by molar-refractivity contribution is 7.99. The van der Waals surface area contributed by atoms with Gasteiger partial charge in [0.15, 0.2) is 0 Å². The highest BCUT2D eigenvalue weighted by Gasteiger charge is 2.22. The molecule has 5 aromatic rings. The monoisotopic (exact) mass is 477 g/mol. The molecule has 0 amide bonds. The molecule has 0 unspecified atom stereocenters. The fraction of sp³-hybridized carbons (Fsp3) is 0.0870. The van der Waals surface area contributed by atoms with E-state index in [2.05, 4.69) is 17.1 Å². The normalized spacial score (nSPS) is 11.3. The zero-order valence-corrected chi connectivity index (χ0v) is 18.9. The quantitative estimate of drug-likeness (QED) is 0.251. The average Bonchev–Trinajstić information content (AvgIpc) is 3.24. The Bertz CT molecular complexity index is 1590. The van der Waals surface area contributed by atoms with Crippen LogP contribution in [0.4, 0.5) is 5.69 Å². The number of nitro benzene ring substituents is 1. The first kappa shape index (κ1) is 21.2. The van der Waals surface area contributed by atoms with Gasteiger partial charge in [-0.25, -0.2) is 4.57 Å². The lowest BCUT2D eigenvalue weighted by molar-refractivity contribution is -0.387. The molecule has 2 heterocycles. The second-order valence-electron chi connectivity index (χ2n) is 7.27. The minimum atomic E-state index is -0.485. The number of hydrogen-bond acceptors (Lipinski definition) is 6. The van der Waals surface area contributed by atoms with E-state index < -0.39 is 4.92 Å². The number of aromatic nitrogens is 4. The number of fused-ring (bicyclic) bond motifs is 3. The maximum atomic E-state index is 13.4. The molecule has 5 rings (SSSR count). The van der Waals surface area contributed by atoms with Gasteiger partial charge in [-0.3, -0.25) is 19.3 Å². The average molecular weight is 478 g/mol. The molecule has 33 heavy (non-hydrogen) atoms. The van der Waals surface area contributed by atoms with Crippen molar-refractivity contribution in [3.05, 3.63) is 97.8 Å². The summed E-state index contributed by atoms with van der Waals surface area (Å²) in [6, 6.07) is 19.3. The summed E-state index contributed by atoms with van der Waals surface area (Å²) >= 11 is 7.05. The lowest BCUT2D eigenvalue weighted by Crippen LogP contribution is -2.21. The molecule has 8 nitrogen and oxygen atoms in total.